The average molecular weight is 235 g/mol. The summed E-state index contributed by atoms with van der Waals surface area (Å²) >= 11 is 0. The predicted octanol–water partition coefficient (Wildman–Crippen LogP) is 1.53. The maximum Gasteiger partial charge on any atom is 0.328 e. The van der Waals surface area contributed by atoms with E-state index in [0.717, 1.165) is 24.2 Å². The van der Waals surface area contributed by atoms with Crippen LogP contribution < -0.4 is 5.73 Å². The molecule has 0 aliphatic heterocycles. The molecule has 0 spiro atoms. The van der Waals surface area contributed by atoms with Crippen molar-refractivity contribution >= 4 is 5.97 Å². The third-order valence-corrected chi connectivity index (χ3v) is 3.21. The van der Waals surface area contributed by atoms with Crippen LogP contribution in [-0.2, 0) is 4.79 Å². The molecule has 1 aromatic rings. The highest BCUT2D eigenvalue weighted by molar-refractivity contribution is 5.73. The Labute approximate surface area is 100 Å². The molecule has 3 N–H and O–H groups in total. The minimum atomic E-state index is -1.13. The van der Waals surface area contributed by atoms with Gasteiger partial charge in [-0.1, -0.05) is 12.8 Å². The molecule has 1 aliphatic rings. The molecule has 17 heavy (non-hydrogen) atoms. The highest BCUT2D eigenvalue weighted by Gasteiger charge is 2.23. The van der Waals surface area contributed by atoms with E-state index in [2.05, 4.69) is 9.97 Å². The van der Waals surface area contributed by atoms with E-state index in [1.807, 2.05) is 13.0 Å². The first-order chi connectivity index (χ1) is 8.08. The summed E-state index contributed by atoms with van der Waals surface area (Å²) in [5.74, 6) is -0.427. The maximum atomic E-state index is 10.8. The van der Waals surface area contributed by atoms with Gasteiger partial charge < -0.3 is 10.8 Å². The van der Waals surface area contributed by atoms with Crippen molar-refractivity contribution in [1.82, 2.24) is 9.97 Å². The maximum absolute atomic E-state index is 10.8. The molecule has 0 saturated heterocycles. The van der Waals surface area contributed by atoms with Gasteiger partial charge in [0.05, 0.1) is 0 Å². The Morgan fingerprint density at radius 2 is 2.12 bits per heavy atom. The van der Waals surface area contributed by atoms with Gasteiger partial charge in [0.25, 0.3) is 0 Å². The van der Waals surface area contributed by atoms with Crippen molar-refractivity contribution in [3.05, 3.63) is 23.3 Å². The Hall–Kier alpha value is -1.49. The summed E-state index contributed by atoms with van der Waals surface area (Å²) in [5, 5.41) is 8.88. The van der Waals surface area contributed by atoms with Gasteiger partial charge in [0.2, 0.25) is 0 Å². The highest BCUT2D eigenvalue weighted by Crippen LogP contribution is 2.33. The van der Waals surface area contributed by atoms with Crippen LogP contribution in [0.1, 0.15) is 54.9 Å². The van der Waals surface area contributed by atoms with E-state index in [9.17, 15) is 4.79 Å². The number of aliphatic carboxylic acids is 1. The molecule has 5 nitrogen and oxygen atoms in total. The topological polar surface area (TPSA) is 89.1 Å². The monoisotopic (exact) mass is 235 g/mol. The van der Waals surface area contributed by atoms with Crippen LogP contribution in [0.5, 0.6) is 0 Å². The van der Waals surface area contributed by atoms with Gasteiger partial charge in [-0.05, 0) is 25.8 Å². The van der Waals surface area contributed by atoms with Crippen LogP contribution in [0.3, 0.4) is 0 Å². The van der Waals surface area contributed by atoms with E-state index in [1.54, 1.807) is 0 Å². The average Bonchev–Trinajstić information content (AvgIpc) is 2.80. The second kappa shape index (κ2) is 4.79. The van der Waals surface area contributed by atoms with Crippen LogP contribution in [0.15, 0.2) is 6.07 Å². The van der Waals surface area contributed by atoms with E-state index in [-0.39, 0.29) is 5.82 Å². The molecule has 1 unspecified atom stereocenters. The minimum Gasteiger partial charge on any atom is -0.480 e. The van der Waals surface area contributed by atoms with Gasteiger partial charge in [-0.15, -0.1) is 0 Å². The summed E-state index contributed by atoms with van der Waals surface area (Å²) in [6.45, 7) is 1.85. The number of rotatable bonds is 3. The number of hydrogen-bond donors (Lipinski definition) is 2. The van der Waals surface area contributed by atoms with E-state index < -0.39 is 12.0 Å². The van der Waals surface area contributed by atoms with Gasteiger partial charge in [-0.25, -0.2) is 9.97 Å². The summed E-state index contributed by atoms with van der Waals surface area (Å²) in [6, 6.07) is 0.809. The molecule has 2 rings (SSSR count). The fourth-order valence-electron chi connectivity index (χ4n) is 2.30. The van der Waals surface area contributed by atoms with Gasteiger partial charge >= 0.3 is 5.97 Å². The SMILES string of the molecule is Cc1cc(C2CCCC2)nc(C(N)C(=O)O)n1. The number of carboxylic acid groups (broad SMARTS) is 1. The zero-order valence-electron chi connectivity index (χ0n) is 9.89. The first-order valence-electron chi connectivity index (χ1n) is 5.92. The first kappa shape index (κ1) is 12.0. The van der Waals surface area contributed by atoms with Gasteiger partial charge in [0.1, 0.15) is 0 Å². The second-order valence-corrected chi connectivity index (χ2v) is 4.59. The zero-order valence-corrected chi connectivity index (χ0v) is 9.89. The van der Waals surface area contributed by atoms with Crippen LogP contribution in [0.2, 0.25) is 0 Å². The third-order valence-electron chi connectivity index (χ3n) is 3.21. The third kappa shape index (κ3) is 2.61. The lowest BCUT2D eigenvalue weighted by Gasteiger charge is -2.12. The van der Waals surface area contributed by atoms with E-state index in [0.29, 0.717) is 5.92 Å². The Morgan fingerprint density at radius 3 is 2.71 bits per heavy atom. The highest BCUT2D eigenvalue weighted by atomic mass is 16.4. The quantitative estimate of drug-likeness (QED) is 0.829. The molecule has 1 atom stereocenters. The van der Waals surface area contributed by atoms with Gasteiger partial charge in [0.15, 0.2) is 11.9 Å². The summed E-state index contributed by atoms with van der Waals surface area (Å²) in [6.07, 6.45) is 4.68. The minimum absolute atomic E-state index is 0.222. The number of carbonyl (C=O) groups is 1. The number of carboxylic acids is 1. The molecule has 92 valence electrons. The van der Waals surface area contributed by atoms with Crippen molar-refractivity contribution in [3.63, 3.8) is 0 Å². The second-order valence-electron chi connectivity index (χ2n) is 4.59. The van der Waals surface area contributed by atoms with Crippen LogP contribution in [-0.4, -0.2) is 21.0 Å². The number of nitrogens with zero attached hydrogens (tertiary/aromatic N) is 2. The smallest absolute Gasteiger partial charge is 0.328 e. The fourth-order valence-corrected chi connectivity index (χ4v) is 2.30. The van der Waals surface area contributed by atoms with Crippen LogP contribution in [0.4, 0.5) is 0 Å². The van der Waals surface area contributed by atoms with E-state index in [1.165, 1.54) is 12.8 Å². The molecule has 1 saturated carbocycles. The Morgan fingerprint density at radius 1 is 1.47 bits per heavy atom. The number of aromatic nitrogens is 2. The molecule has 1 fully saturated rings. The van der Waals surface area contributed by atoms with E-state index >= 15 is 0 Å². The molecule has 0 amide bonds. The van der Waals surface area contributed by atoms with Crippen molar-refractivity contribution in [1.29, 1.82) is 0 Å². The van der Waals surface area contributed by atoms with Crippen LogP contribution in [0.25, 0.3) is 0 Å². The number of nitrogens with two attached hydrogens (primary N) is 1. The predicted molar refractivity (Wildman–Crippen MR) is 62.5 cm³/mol. The van der Waals surface area contributed by atoms with E-state index in [4.69, 9.17) is 10.8 Å². The van der Waals surface area contributed by atoms with Crippen molar-refractivity contribution in [2.24, 2.45) is 5.73 Å². The molecule has 1 heterocycles. The molecule has 0 bridgehead atoms. The fraction of sp³-hybridized carbons (Fsp3) is 0.583. The normalized spacial score (nSPS) is 18.2. The summed E-state index contributed by atoms with van der Waals surface area (Å²) < 4.78 is 0. The lowest BCUT2D eigenvalue weighted by molar-refractivity contribution is -0.138. The van der Waals surface area contributed by atoms with Crippen LogP contribution in [0, 0.1) is 6.92 Å². The van der Waals surface area contributed by atoms with Crippen molar-refractivity contribution in [2.45, 2.75) is 44.6 Å². The Balaban J connectivity index is 2.31. The van der Waals surface area contributed by atoms with Crippen molar-refractivity contribution in [3.8, 4) is 0 Å². The Kier molecular flexibility index (Phi) is 3.38. The molecule has 0 aromatic carbocycles. The molecule has 0 radical (unpaired) electrons. The lowest BCUT2D eigenvalue weighted by atomic mass is 10.0. The van der Waals surface area contributed by atoms with Crippen molar-refractivity contribution < 1.29 is 9.90 Å². The number of aryl methyl sites for hydroxylation is 1. The summed E-state index contributed by atoms with van der Waals surface area (Å²) in [7, 11) is 0. The zero-order chi connectivity index (χ0) is 12.4. The van der Waals surface area contributed by atoms with Crippen molar-refractivity contribution in [2.75, 3.05) is 0 Å². The van der Waals surface area contributed by atoms with Gasteiger partial charge in [-0.2, -0.15) is 0 Å². The standard InChI is InChI=1S/C12H17N3O2/c1-7-6-9(8-4-2-3-5-8)15-11(14-7)10(13)12(16)17/h6,8,10H,2-5,13H2,1H3,(H,16,17). The van der Waals surface area contributed by atoms with Gasteiger partial charge in [0, 0.05) is 17.3 Å². The summed E-state index contributed by atoms with van der Waals surface area (Å²) in [5.41, 5.74) is 7.28. The largest absolute Gasteiger partial charge is 0.480 e. The molecule has 1 aliphatic carbocycles. The van der Waals surface area contributed by atoms with Crippen LogP contribution >= 0.6 is 0 Å². The molecule has 5 heteroatoms. The molecular formula is C12H17N3O2. The molecule has 1 aromatic heterocycles. The van der Waals surface area contributed by atoms with Gasteiger partial charge in [-0.3, -0.25) is 4.79 Å². The number of hydrogen-bond acceptors (Lipinski definition) is 4. The molecular weight excluding hydrogens is 218 g/mol. The Bertz CT molecular complexity index is 428. The summed E-state index contributed by atoms with van der Waals surface area (Å²) in [4.78, 5) is 19.3. The lowest BCUT2D eigenvalue weighted by Crippen LogP contribution is -2.24. The first-order valence-corrected chi connectivity index (χ1v) is 5.92.